The van der Waals surface area contributed by atoms with Crippen LogP contribution in [0.5, 0.6) is 0 Å². The van der Waals surface area contributed by atoms with Crippen molar-refractivity contribution < 1.29 is 17.9 Å². The SMILES string of the molecule is C[S+](=O)([O-])N1CC2(Cc3ccccc31)CN(C(=O)c1ccccc1F)C2. The molecule has 0 aromatic heterocycles. The zero-order chi connectivity index (χ0) is 18.5. The summed E-state index contributed by atoms with van der Waals surface area (Å²) in [6.07, 6.45) is 1.90. The molecule has 2 aromatic carbocycles. The molecule has 5 nitrogen and oxygen atoms in total. The Bertz CT molecular complexity index is 921. The van der Waals surface area contributed by atoms with Crippen molar-refractivity contribution in [3.05, 3.63) is 65.5 Å². The summed E-state index contributed by atoms with van der Waals surface area (Å²) in [6, 6.07) is 13.4. The molecule has 1 atom stereocenters. The Morgan fingerprint density at radius 2 is 1.77 bits per heavy atom. The molecule has 0 aliphatic carbocycles. The van der Waals surface area contributed by atoms with E-state index in [1.54, 1.807) is 17.0 Å². The van der Waals surface area contributed by atoms with E-state index in [1.807, 2.05) is 24.3 Å². The van der Waals surface area contributed by atoms with Gasteiger partial charge in [0.1, 0.15) is 22.5 Å². The largest absolute Gasteiger partial charge is 0.593 e. The highest BCUT2D eigenvalue weighted by Gasteiger charge is 2.51. The molecule has 136 valence electrons. The third kappa shape index (κ3) is 2.81. The number of fused-ring (bicyclic) bond motifs is 1. The van der Waals surface area contributed by atoms with Gasteiger partial charge < -0.3 is 9.45 Å². The third-order valence-electron chi connectivity index (χ3n) is 5.15. The quantitative estimate of drug-likeness (QED) is 0.759. The van der Waals surface area contributed by atoms with Gasteiger partial charge in [-0.3, -0.25) is 4.79 Å². The lowest BCUT2D eigenvalue weighted by Gasteiger charge is -2.54. The van der Waals surface area contributed by atoms with Gasteiger partial charge in [-0.25, -0.2) is 4.39 Å². The number of para-hydroxylation sites is 1. The van der Waals surface area contributed by atoms with E-state index in [1.165, 1.54) is 22.7 Å². The maximum absolute atomic E-state index is 13.9. The van der Waals surface area contributed by atoms with Crippen molar-refractivity contribution in [1.29, 1.82) is 0 Å². The van der Waals surface area contributed by atoms with Crippen LogP contribution in [0.3, 0.4) is 0 Å². The van der Waals surface area contributed by atoms with Gasteiger partial charge in [0.15, 0.2) is 0 Å². The zero-order valence-corrected chi connectivity index (χ0v) is 15.2. The van der Waals surface area contributed by atoms with Crippen LogP contribution in [-0.2, 0) is 21.0 Å². The molecule has 1 unspecified atom stereocenters. The molecule has 1 amide bonds. The van der Waals surface area contributed by atoms with Gasteiger partial charge in [-0.05, 0) is 30.2 Å². The maximum Gasteiger partial charge on any atom is 0.256 e. The highest BCUT2D eigenvalue weighted by atomic mass is 32.3. The van der Waals surface area contributed by atoms with Gasteiger partial charge in [-0.1, -0.05) is 34.5 Å². The molecule has 0 bridgehead atoms. The lowest BCUT2D eigenvalue weighted by molar-refractivity contribution is 0.00874. The molecule has 1 fully saturated rings. The molecule has 0 radical (unpaired) electrons. The highest BCUT2D eigenvalue weighted by Crippen LogP contribution is 2.44. The number of anilines is 1. The molecule has 1 spiro atoms. The van der Waals surface area contributed by atoms with Crippen LogP contribution in [-0.4, -0.2) is 41.2 Å². The molecule has 26 heavy (non-hydrogen) atoms. The number of amides is 1. The molecular formula is C19H19FN2O3S. The van der Waals surface area contributed by atoms with E-state index in [2.05, 4.69) is 0 Å². The summed E-state index contributed by atoms with van der Waals surface area (Å²) in [5.41, 5.74) is 1.40. The van der Waals surface area contributed by atoms with Gasteiger partial charge in [0, 0.05) is 18.5 Å². The minimum Gasteiger partial charge on any atom is -0.593 e. The van der Waals surface area contributed by atoms with Gasteiger partial charge in [0.05, 0.1) is 17.8 Å². The smallest absolute Gasteiger partial charge is 0.256 e. The van der Waals surface area contributed by atoms with E-state index < -0.39 is 16.2 Å². The number of nitrogens with zero attached hydrogens (tertiary/aromatic N) is 2. The highest BCUT2D eigenvalue weighted by molar-refractivity contribution is 7.98. The number of likely N-dealkylation sites (tertiary alicyclic amines) is 1. The van der Waals surface area contributed by atoms with Crippen molar-refractivity contribution >= 4 is 22.0 Å². The fraction of sp³-hybridized carbons (Fsp3) is 0.316. The molecule has 2 aliphatic rings. The van der Waals surface area contributed by atoms with E-state index in [4.69, 9.17) is 0 Å². The lowest BCUT2D eigenvalue weighted by Crippen LogP contribution is -2.66. The van der Waals surface area contributed by atoms with Gasteiger partial charge in [-0.15, -0.1) is 0 Å². The number of halogens is 1. The van der Waals surface area contributed by atoms with Crippen molar-refractivity contribution in [3.8, 4) is 0 Å². The molecule has 2 aromatic rings. The van der Waals surface area contributed by atoms with Gasteiger partial charge >= 0.3 is 0 Å². The van der Waals surface area contributed by atoms with Gasteiger partial charge in [0.25, 0.3) is 5.91 Å². The Morgan fingerprint density at radius 1 is 1.12 bits per heavy atom. The second kappa shape index (κ2) is 5.89. The Kier molecular flexibility index (Phi) is 3.89. The lowest BCUT2D eigenvalue weighted by atomic mass is 9.72. The molecule has 1 saturated heterocycles. The normalized spacial score (nSPS) is 20.3. The van der Waals surface area contributed by atoms with E-state index in [9.17, 15) is 17.9 Å². The average Bonchev–Trinajstić information content (AvgIpc) is 2.57. The fourth-order valence-electron chi connectivity index (χ4n) is 3.97. The number of carbonyl (C=O) groups is 1. The number of carbonyl (C=O) groups excluding carboxylic acids is 1. The Morgan fingerprint density at radius 3 is 2.46 bits per heavy atom. The van der Waals surface area contributed by atoms with Gasteiger partial charge in [0.2, 0.25) is 0 Å². The minimum absolute atomic E-state index is 0.0542. The fourth-order valence-corrected chi connectivity index (χ4v) is 5.02. The molecule has 0 saturated carbocycles. The molecule has 4 rings (SSSR count). The first-order valence-corrected chi connectivity index (χ1v) is 10.2. The standard InChI is InChI=1S/C19H19FN2O3S/c1-26(24,25)22-13-19(10-14-6-2-5-9-17(14)22)11-21(12-19)18(23)15-7-3-4-8-16(15)20/h2-9H,10-13H2,1H3. The van der Waals surface area contributed by atoms with E-state index >= 15 is 0 Å². The predicted molar refractivity (Wildman–Crippen MR) is 97.0 cm³/mol. The monoisotopic (exact) mass is 374 g/mol. The summed E-state index contributed by atoms with van der Waals surface area (Å²) in [5.74, 6) is -0.885. The van der Waals surface area contributed by atoms with Crippen LogP contribution < -0.4 is 4.31 Å². The van der Waals surface area contributed by atoms with Crippen LogP contribution >= 0.6 is 0 Å². The van der Waals surface area contributed by atoms with Crippen molar-refractivity contribution in [2.75, 3.05) is 30.2 Å². The summed E-state index contributed by atoms with van der Waals surface area (Å²) in [7, 11) is -3.41. The molecule has 2 heterocycles. The van der Waals surface area contributed by atoms with E-state index in [-0.39, 0.29) is 16.9 Å². The number of hydrogen-bond acceptors (Lipinski definition) is 3. The van der Waals surface area contributed by atoms with Crippen LogP contribution in [0.1, 0.15) is 15.9 Å². The van der Waals surface area contributed by atoms with Crippen LogP contribution in [0, 0.1) is 11.2 Å². The number of hydrogen-bond donors (Lipinski definition) is 0. The van der Waals surface area contributed by atoms with E-state index in [0.717, 1.165) is 5.56 Å². The first-order valence-electron chi connectivity index (χ1n) is 8.39. The molecule has 7 heteroatoms. The summed E-state index contributed by atoms with van der Waals surface area (Å²) in [4.78, 5) is 14.1. The molecule has 0 N–H and O–H groups in total. The third-order valence-corrected chi connectivity index (χ3v) is 6.28. The van der Waals surface area contributed by atoms with E-state index in [0.29, 0.717) is 31.7 Å². The summed E-state index contributed by atoms with van der Waals surface area (Å²) >= 11 is 0. The zero-order valence-electron chi connectivity index (χ0n) is 14.4. The van der Waals surface area contributed by atoms with Crippen molar-refractivity contribution in [1.82, 2.24) is 4.90 Å². The topological polar surface area (TPSA) is 63.7 Å². The minimum atomic E-state index is -3.41. The maximum atomic E-state index is 13.9. The van der Waals surface area contributed by atoms with Crippen LogP contribution in [0.15, 0.2) is 48.5 Å². The van der Waals surface area contributed by atoms with Crippen LogP contribution in [0.25, 0.3) is 0 Å². The molecule has 2 aliphatic heterocycles. The predicted octanol–water partition coefficient (Wildman–Crippen LogP) is 2.51. The number of benzene rings is 2. The first-order chi connectivity index (χ1) is 12.3. The summed E-state index contributed by atoms with van der Waals surface area (Å²) in [6.45, 7) is 1.17. The Labute approximate surface area is 152 Å². The van der Waals surface area contributed by atoms with Gasteiger partial charge in [-0.2, -0.15) is 4.31 Å². The van der Waals surface area contributed by atoms with Crippen molar-refractivity contribution in [2.45, 2.75) is 6.42 Å². The Balaban J connectivity index is 1.58. The number of rotatable bonds is 2. The average molecular weight is 374 g/mol. The second-order valence-electron chi connectivity index (χ2n) is 7.22. The Hall–Kier alpha value is -2.25. The first kappa shape index (κ1) is 17.2. The van der Waals surface area contributed by atoms with Crippen LogP contribution in [0.2, 0.25) is 0 Å². The summed E-state index contributed by atoms with van der Waals surface area (Å²) < 4.78 is 39.8. The second-order valence-corrected chi connectivity index (χ2v) is 9.12. The number of sulfonamides is 1. The molecular weight excluding hydrogens is 355 g/mol. The van der Waals surface area contributed by atoms with Crippen molar-refractivity contribution in [2.24, 2.45) is 5.41 Å². The van der Waals surface area contributed by atoms with Crippen molar-refractivity contribution in [3.63, 3.8) is 0 Å². The summed E-state index contributed by atoms with van der Waals surface area (Å²) in [5, 5.41) is 0. The van der Waals surface area contributed by atoms with Crippen LogP contribution in [0.4, 0.5) is 10.1 Å².